The minimum absolute atomic E-state index is 0.294. The molecule has 1 amide bonds. The molecule has 0 aromatic carbocycles. The molecule has 1 rings (SSSR count). The van der Waals surface area contributed by atoms with Crippen LogP contribution in [0.5, 0.6) is 0 Å². The Hall–Kier alpha value is -0.910. The summed E-state index contributed by atoms with van der Waals surface area (Å²) in [7, 11) is 0. The highest BCUT2D eigenvalue weighted by Crippen LogP contribution is 2.13. The zero-order chi connectivity index (χ0) is 10.0. The van der Waals surface area contributed by atoms with Crippen LogP contribution in [0.4, 0.5) is 0 Å². The monoisotopic (exact) mass is 187 g/mol. The Bertz CT molecular complexity index is 228. The number of aliphatic hydroxyl groups is 3. The largest absolute Gasteiger partial charge is 0.388 e. The lowest BCUT2D eigenvalue weighted by Crippen LogP contribution is -2.52. The lowest BCUT2D eigenvalue weighted by atomic mass is 9.94. The van der Waals surface area contributed by atoms with E-state index in [0.29, 0.717) is 0 Å². The van der Waals surface area contributed by atoms with E-state index in [9.17, 15) is 15.0 Å². The minimum atomic E-state index is -1.25. The van der Waals surface area contributed by atoms with Crippen molar-refractivity contribution in [3.05, 3.63) is 12.2 Å². The van der Waals surface area contributed by atoms with Gasteiger partial charge in [0.15, 0.2) is 0 Å². The number of aliphatic hydroxyl groups excluding tert-OH is 3. The number of hydrogen-bond donors (Lipinski definition) is 4. The van der Waals surface area contributed by atoms with Gasteiger partial charge >= 0.3 is 0 Å². The van der Waals surface area contributed by atoms with Gasteiger partial charge in [0.05, 0.1) is 6.04 Å². The lowest BCUT2D eigenvalue weighted by molar-refractivity contribution is -0.121. The molecule has 0 saturated heterocycles. The topological polar surface area (TPSA) is 89.8 Å². The molecule has 4 atom stereocenters. The Kier molecular flexibility index (Phi) is 3.02. The second-order valence-electron chi connectivity index (χ2n) is 3.08. The third kappa shape index (κ3) is 2.27. The van der Waals surface area contributed by atoms with E-state index in [1.54, 1.807) is 0 Å². The molecule has 5 nitrogen and oxygen atoms in total. The summed E-state index contributed by atoms with van der Waals surface area (Å²) in [5, 5.41) is 30.1. The van der Waals surface area contributed by atoms with Gasteiger partial charge in [-0.05, 0) is 0 Å². The van der Waals surface area contributed by atoms with Gasteiger partial charge in [-0.3, -0.25) is 4.79 Å². The fraction of sp³-hybridized carbons (Fsp3) is 0.625. The van der Waals surface area contributed by atoms with E-state index in [0.717, 1.165) is 0 Å². The Morgan fingerprint density at radius 2 is 1.85 bits per heavy atom. The van der Waals surface area contributed by atoms with Crippen LogP contribution in [0.2, 0.25) is 0 Å². The standard InChI is InChI=1S/C8H13NO4/c1-4(10)9-5-2-3-6(11)8(13)7(5)12/h2-3,5-8,11-13H,1H3,(H,9,10). The highest BCUT2D eigenvalue weighted by molar-refractivity contribution is 5.73. The molecule has 0 aromatic rings. The summed E-state index contributed by atoms with van der Waals surface area (Å²) in [5.41, 5.74) is 0. The molecule has 1 aliphatic carbocycles. The van der Waals surface area contributed by atoms with Crippen molar-refractivity contribution in [2.24, 2.45) is 0 Å². The Morgan fingerprint density at radius 3 is 2.38 bits per heavy atom. The van der Waals surface area contributed by atoms with Crippen molar-refractivity contribution in [2.75, 3.05) is 0 Å². The number of carbonyl (C=O) groups is 1. The van der Waals surface area contributed by atoms with Crippen LogP contribution in [-0.2, 0) is 4.79 Å². The van der Waals surface area contributed by atoms with Crippen molar-refractivity contribution >= 4 is 5.91 Å². The molecule has 0 bridgehead atoms. The average molecular weight is 187 g/mol. The molecule has 0 heterocycles. The van der Waals surface area contributed by atoms with E-state index in [-0.39, 0.29) is 5.91 Å². The zero-order valence-electron chi connectivity index (χ0n) is 7.21. The first-order valence-electron chi connectivity index (χ1n) is 4.02. The minimum Gasteiger partial charge on any atom is -0.388 e. The van der Waals surface area contributed by atoms with Crippen molar-refractivity contribution in [3.8, 4) is 0 Å². The van der Waals surface area contributed by atoms with E-state index in [4.69, 9.17) is 5.11 Å². The average Bonchev–Trinajstić information content (AvgIpc) is 2.06. The SMILES string of the molecule is CC(=O)NC1C=CC(O)C(O)C1O. The third-order valence-electron chi connectivity index (χ3n) is 1.95. The Balaban J connectivity index is 2.66. The predicted octanol–water partition coefficient (Wildman–Crippen LogP) is -1.86. The van der Waals surface area contributed by atoms with Crippen molar-refractivity contribution in [3.63, 3.8) is 0 Å². The van der Waals surface area contributed by atoms with Gasteiger partial charge in [-0.1, -0.05) is 12.2 Å². The lowest BCUT2D eigenvalue weighted by Gasteiger charge is -2.30. The van der Waals surface area contributed by atoms with Crippen LogP contribution < -0.4 is 5.32 Å². The smallest absolute Gasteiger partial charge is 0.217 e. The van der Waals surface area contributed by atoms with Crippen molar-refractivity contribution in [1.29, 1.82) is 0 Å². The van der Waals surface area contributed by atoms with E-state index in [1.165, 1.54) is 19.1 Å². The van der Waals surface area contributed by atoms with Crippen LogP contribution in [-0.4, -0.2) is 45.6 Å². The summed E-state index contributed by atoms with van der Waals surface area (Å²) < 4.78 is 0. The molecular weight excluding hydrogens is 174 g/mol. The number of amides is 1. The molecular formula is C8H13NO4. The maximum atomic E-state index is 10.6. The van der Waals surface area contributed by atoms with Gasteiger partial charge in [-0.2, -0.15) is 0 Å². The predicted molar refractivity (Wildman–Crippen MR) is 44.8 cm³/mol. The fourth-order valence-electron chi connectivity index (χ4n) is 1.24. The summed E-state index contributed by atoms with van der Waals surface area (Å²) >= 11 is 0. The molecule has 13 heavy (non-hydrogen) atoms. The number of nitrogens with one attached hydrogen (secondary N) is 1. The molecule has 0 aliphatic heterocycles. The summed E-state index contributed by atoms with van der Waals surface area (Å²) in [6.07, 6.45) is -0.674. The van der Waals surface area contributed by atoms with Gasteiger partial charge in [0.2, 0.25) is 5.91 Å². The highest BCUT2D eigenvalue weighted by Gasteiger charge is 2.32. The molecule has 4 N–H and O–H groups in total. The normalized spacial score (nSPS) is 38.8. The first-order valence-corrected chi connectivity index (χ1v) is 4.02. The molecule has 1 aliphatic rings. The van der Waals surface area contributed by atoms with Gasteiger partial charge in [-0.15, -0.1) is 0 Å². The van der Waals surface area contributed by atoms with Gasteiger partial charge in [0.25, 0.3) is 0 Å². The molecule has 0 spiro atoms. The first-order chi connectivity index (χ1) is 6.02. The highest BCUT2D eigenvalue weighted by atomic mass is 16.4. The molecule has 0 saturated carbocycles. The molecule has 0 aromatic heterocycles. The van der Waals surface area contributed by atoms with Crippen LogP contribution >= 0.6 is 0 Å². The molecule has 4 unspecified atom stereocenters. The Labute approximate surface area is 75.7 Å². The number of hydrogen-bond acceptors (Lipinski definition) is 4. The zero-order valence-corrected chi connectivity index (χ0v) is 7.21. The van der Waals surface area contributed by atoms with Crippen LogP contribution in [0, 0.1) is 0 Å². The second-order valence-corrected chi connectivity index (χ2v) is 3.08. The molecule has 0 fully saturated rings. The van der Waals surface area contributed by atoms with E-state index in [2.05, 4.69) is 5.32 Å². The molecule has 74 valence electrons. The molecule has 0 radical (unpaired) electrons. The maximum Gasteiger partial charge on any atom is 0.217 e. The van der Waals surface area contributed by atoms with Crippen LogP contribution in [0.25, 0.3) is 0 Å². The van der Waals surface area contributed by atoms with Crippen LogP contribution in [0.1, 0.15) is 6.92 Å². The van der Waals surface area contributed by atoms with Gasteiger partial charge in [0.1, 0.15) is 18.3 Å². The summed E-state index contributed by atoms with van der Waals surface area (Å²) in [6.45, 7) is 1.32. The number of rotatable bonds is 1. The number of carbonyl (C=O) groups excluding carboxylic acids is 1. The van der Waals surface area contributed by atoms with Gasteiger partial charge in [0, 0.05) is 6.92 Å². The second kappa shape index (κ2) is 3.87. The van der Waals surface area contributed by atoms with Crippen LogP contribution in [0.15, 0.2) is 12.2 Å². The molecule has 5 heteroatoms. The Morgan fingerprint density at radius 1 is 1.23 bits per heavy atom. The quantitative estimate of drug-likeness (QED) is 0.362. The maximum absolute atomic E-state index is 10.6. The van der Waals surface area contributed by atoms with Crippen molar-refractivity contribution in [1.82, 2.24) is 5.32 Å². The summed E-state index contributed by atoms with van der Waals surface area (Å²) in [5.74, 6) is -0.294. The van der Waals surface area contributed by atoms with Gasteiger partial charge < -0.3 is 20.6 Å². The van der Waals surface area contributed by atoms with Crippen molar-refractivity contribution in [2.45, 2.75) is 31.3 Å². The van der Waals surface area contributed by atoms with Crippen molar-refractivity contribution < 1.29 is 20.1 Å². The van der Waals surface area contributed by atoms with E-state index >= 15 is 0 Å². The summed E-state index contributed by atoms with van der Waals surface area (Å²) in [6, 6.07) is -0.629. The van der Waals surface area contributed by atoms with Gasteiger partial charge in [-0.25, -0.2) is 0 Å². The van der Waals surface area contributed by atoms with Crippen LogP contribution in [0.3, 0.4) is 0 Å². The fourth-order valence-corrected chi connectivity index (χ4v) is 1.24. The van der Waals surface area contributed by atoms with E-state index < -0.39 is 24.4 Å². The summed E-state index contributed by atoms with van der Waals surface area (Å²) in [4.78, 5) is 10.6. The third-order valence-corrected chi connectivity index (χ3v) is 1.95. The first kappa shape index (κ1) is 10.2. The van der Waals surface area contributed by atoms with E-state index in [1.807, 2.05) is 0 Å².